The van der Waals surface area contributed by atoms with Gasteiger partial charge in [-0.2, -0.15) is 0 Å². The molecule has 14 heteroatoms. The highest BCUT2D eigenvalue weighted by Gasteiger charge is 2.40. The standard InChI is InChI=1S/C44H50F2N6O6/c1-23(2)30(22-37(53)57-5)42(54)51-15-7-9-35(51)33-21-29-17-27(18-31(45)39(29)47-33)25-11-13-26(14-12-25)28-19-32(46)40-34(20-28)48-41(49-40)36-10-8-16-52(36)43(55)38(24(3)4)50-44(56)58-6/h11-14,17-20,23-24,30,35-36,38H,7-10,15-16,21-22H2,1-6H3,(H,48,49)(H,50,56)/t30-,35-,36-,38-/m0/s1. The molecule has 0 unspecified atom stereocenters. The van der Waals surface area contributed by atoms with Crippen LogP contribution in [-0.4, -0.2) is 88.7 Å². The van der Waals surface area contributed by atoms with Crippen LogP contribution in [0.3, 0.4) is 0 Å². The highest BCUT2D eigenvalue weighted by atomic mass is 19.1. The zero-order valence-corrected chi connectivity index (χ0v) is 33.7. The summed E-state index contributed by atoms with van der Waals surface area (Å²) in [5.74, 6) is -2.01. The minimum absolute atomic E-state index is 0.00883. The van der Waals surface area contributed by atoms with E-state index < -0.39 is 41.7 Å². The van der Waals surface area contributed by atoms with Crippen molar-refractivity contribution < 1.29 is 37.4 Å². The molecule has 2 fully saturated rings. The molecule has 12 nitrogen and oxygen atoms in total. The lowest BCUT2D eigenvalue weighted by atomic mass is 9.90. The predicted octanol–water partition coefficient (Wildman–Crippen LogP) is 7.67. The summed E-state index contributed by atoms with van der Waals surface area (Å²) in [5.41, 5.74) is 5.25. The fourth-order valence-corrected chi connectivity index (χ4v) is 8.58. The van der Waals surface area contributed by atoms with Gasteiger partial charge < -0.3 is 29.6 Å². The van der Waals surface area contributed by atoms with Crippen LogP contribution in [0.25, 0.3) is 33.3 Å². The summed E-state index contributed by atoms with van der Waals surface area (Å²) in [5, 5.41) is 2.64. The minimum Gasteiger partial charge on any atom is -0.469 e. The molecule has 3 aliphatic rings. The first-order chi connectivity index (χ1) is 27.8. The third kappa shape index (κ3) is 7.93. The number of hydrogen-bond acceptors (Lipinski definition) is 8. The van der Waals surface area contributed by atoms with Gasteiger partial charge in [0.2, 0.25) is 11.8 Å². The number of carbonyl (C=O) groups excluding carboxylic acids is 4. The summed E-state index contributed by atoms with van der Waals surface area (Å²) in [6, 6.07) is 12.6. The van der Waals surface area contributed by atoms with E-state index >= 15 is 8.78 Å². The van der Waals surface area contributed by atoms with Crippen LogP contribution in [0.15, 0.2) is 53.5 Å². The number of nitrogens with zero attached hydrogens (tertiary/aromatic N) is 4. The Bertz CT molecular complexity index is 2270. The quantitative estimate of drug-likeness (QED) is 0.148. The van der Waals surface area contributed by atoms with E-state index in [0.717, 1.165) is 41.7 Å². The Morgan fingerprint density at radius 2 is 1.43 bits per heavy atom. The fourth-order valence-electron chi connectivity index (χ4n) is 8.58. The number of esters is 1. The first-order valence-electron chi connectivity index (χ1n) is 20.0. The second-order valence-corrected chi connectivity index (χ2v) is 16.2. The topological polar surface area (TPSA) is 146 Å². The lowest BCUT2D eigenvalue weighted by molar-refractivity contribution is -0.148. The summed E-state index contributed by atoms with van der Waals surface area (Å²) in [6.45, 7) is 8.57. The number of ether oxygens (including phenoxy) is 2. The van der Waals surface area contributed by atoms with Crippen molar-refractivity contribution in [3.05, 3.63) is 71.6 Å². The highest BCUT2D eigenvalue weighted by Crippen LogP contribution is 2.39. The molecule has 0 radical (unpaired) electrons. The van der Waals surface area contributed by atoms with Gasteiger partial charge in [-0.3, -0.25) is 19.4 Å². The third-order valence-corrected chi connectivity index (χ3v) is 11.8. The average Bonchev–Trinajstić information content (AvgIpc) is 4.04. The van der Waals surface area contributed by atoms with Crippen molar-refractivity contribution in [2.45, 2.75) is 84.3 Å². The molecule has 58 heavy (non-hydrogen) atoms. The molecule has 0 aliphatic carbocycles. The van der Waals surface area contributed by atoms with Crippen molar-refractivity contribution in [1.82, 2.24) is 25.1 Å². The van der Waals surface area contributed by atoms with E-state index in [1.165, 1.54) is 26.4 Å². The van der Waals surface area contributed by atoms with Crippen LogP contribution in [0.5, 0.6) is 0 Å². The molecule has 3 amide bonds. The molecule has 0 bridgehead atoms. The number of nitrogens with one attached hydrogen (secondary N) is 2. The van der Waals surface area contributed by atoms with Gasteiger partial charge in [0.15, 0.2) is 5.82 Å². The number of rotatable bonds is 11. The molecule has 4 aromatic rings. The van der Waals surface area contributed by atoms with Crippen molar-refractivity contribution in [1.29, 1.82) is 0 Å². The maximum atomic E-state index is 15.7. The predicted molar refractivity (Wildman–Crippen MR) is 215 cm³/mol. The number of hydrogen-bond donors (Lipinski definition) is 2. The third-order valence-electron chi connectivity index (χ3n) is 11.8. The van der Waals surface area contributed by atoms with Crippen molar-refractivity contribution in [2.24, 2.45) is 22.7 Å². The van der Waals surface area contributed by atoms with E-state index in [0.29, 0.717) is 48.4 Å². The summed E-state index contributed by atoms with van der Waals surface area (Å²) in [6.07, 6.45) is 2.62. The van der Waals surface area contributed by atoms with Gasteiger partial charge in [0, 0.05) is 25.2 Å². The largest absolute Gasteiger partial charge is 0.469 e. The maximum Gasteiger partial charge on any atom is 0.407 e. The van der Waals surface area contributed by atoms with Crippen molar-refractivity contribution in [2.75, 3.05) is 27.3 Å². The Morgan fingerprint density at radius 3 is 2.05 bits per heavy atom. The Kier molecular flexibility index (Phi) is 11.7. The lowest BCUT2D eigenvalue weighted by Gasteiger charge is -2.30. The zero-order valence-electron chi connectivity index (χ0n) is 33.7. The average molecular weight is 797 g/mol. The molecule has 0 spiro atoms. The van der Waals surface area contributed by atoms with Crippen molar-refractivity contribution in [3.63, 3.8) is 0 Å². The number of imidazole rings is 1. The number of halogens is 2. The van der Waals surface area contributed by atoms with E-state index in [1.54, 1.807) is 9.80 Å². The number of methoxy groups -OCH3 is 2. The van der Waals surface area contributed by atoms with Gasteiger partial charge in [0.1, 0.15) is 28.9 Å². The number of aromatic nitrogens is 2. The fraction of sp³-hybridized carbons (Fsp3) is 0.455. The summed E-state index contributed by atoms with van der Waals surface area (Å²) in [7, 11) is 2.57. The van der Waals surface area contributed by atoms with Gasteiger partial charge in [0.25, 0.3) is 0 Å². The number of aliphatic imine (C=N–C) groups is 1. The van der Waals surface area contributed by atoms with Gasteiger partial charge >= 0.3 is 12.1 Å². The molecule has 2 saturated heterocycles. The Balaban J connectivity index is 1.07. The van der Waals surface area contributed by atoms with Gasteiger partial charge in [-0.25, -0.2) is 18.6 Å². The molecule has 4 atom stereocenters. The smallest absolute Gasteiger partial charge is 0.407 e. The Labute approximate surface area is 336 Å². The number of likely N-dealkylation sites (tertiary alicyclic amines) is 2. The molecule has 3 aromatic carbocycles. The molecule has 4 heterocycles. The Hall–Kier alpha value is -5.66. The van der Waals surface area contributed by atoms with Crippen LogP contribution in [0.4, 0.5) is 19.3 Å². The molecular formula is C44H50F2N6O6. The first-order valence-corrected chi connectivity index (χ1v) is 20.0. The van der Waals surface area contributed by atoms with Crippen LogP contribution in [0.2, 0.25) is 0 Å². The Morgan fingerprint density at radius 1 is 0.810 bits per heavy atom. The summed E-state index contributed by atoms with van der Waals surface area (Å²) >= 11 is 0. The van der Waals surface area contributed by atoms with Crippen LogP contribution < -0.4 is 5.32 Å². The summed E-state index contributed by atoms with van der Waals surface area (Å²) in [4.78, 5) is 67.4. The molecule has 7 rings (SSSR count). The van der Waals surface area contributed by atoms with Gasteiger partial charge in [-0.15, -0.1) is 0 Å². The number of carbonyl (C=O) groups is 4. The van der Waals surface area contributed by atoms with Crippen LogP contribution in [0.1, 0.15) is 77.2 Å². The van der Waals surface area contributed by atoms with E-state index in [1.807, 2.05) is 64.1 Å². The number of fused-ring (bicyclic) bond motifs is 2. The normalized spacial score (nSPS) is 18.8. The summed E-state index contributed by atoms with van der Waals surface area (Å²) < 4.78 is 40.9. The molecule has 306 valence electrons. The molecule has 1 aromatic heterocycles. The second kappa shape index (κ2) is 16.7. The van der Waals surface area contributed by atoms with E-state index in [4.69, 9.17) is 14.5 Å². The number of benzene rings is 3. The molecular weight excluding hydrogens is 747 g/mol. The minimum atomic E-state index is -0.785. The zero-order chi connectivity index (χ0) is 41.4. The SMILES string of the molecule is COC(=O)C[C@H](C(=O)N1CCC[C@H]1C1=Nc2c(F)cc(-c3ccc(-c4cc(F)c5nc([C@@H]6CCCN6C(=O)[C@@H](NC(=O)OC)C(C)C)[nH]c5c4)cc3)cc2C1)C(C)C. The van der Waals surface area contributed by atoms with E-state index in [2.05, 4.69) is 15.3 Å². The number of alkyl carbamates (subject to hydrolysis) is 1. The molecule has 0 saturated carbocycles. The molecule has 3 aliphatic heterocycles. The van der Waals surface area contributed by atoms with Crippen LogP contribution in [-0.2, 0) is 30.3 Å². The molecule has 2 N–H and O–H groups in total. The second-order valence-electron chi connectivity index (χ2n) is 16.2. The van der Waals surface area contributed by atoms with E-state index in [-0.39, 0.29) is 47.3 Å². The number of H-pyrrole nitrogens is 1. The van der Waals surface area contributed by atoms with Crippen LogP contribution in [0, 0.1) is 29.4 Å². The van der Waals surface area contributed by atoms with E-state index in [9.17, 15) is 19.2 Å². The first kappa shape index (κ1) is 40.5. The number of aromatic amines is 1. The lowest BCUT2D eigenvalue weighted by Crippen LogP contribution is -2.51. The van der Waals surface area contributed by atoms with Gasteiger partial charge in [-0.05, 0) is 89.6 Å². The van der Waals surface area contributed by atoms with Gasteiger partial charge in [-0.1, -0.05) is 52.0 Å². The highest BCUT2D eigenvalue weighted by molar-refractivity contribution is 6.01. The van der Waals surface area contributed by atoms with Crippen molar-refractivity contribution in [3.8, 4) is 22.3 Å². The number of amides is 3. The van der Waals surface area contributed by atoms with Gasteiger partial charge in [0.05, 0.1) is 44.2 Å². The van der Waals surface area contributed by atoms with Crippen molar-refractivity contribution >= 4 is 46.3 Å². The van der Waals surface area contributed by atoms with Crippen LogP contribution >= 0.6 is 0 Å². The maximum absolute atomic E-state index is 15.7. The monoisotopic (exact) mass is 796 g/mol.